The predicted molar refractivity (Wildman–Crippen MR) is 318 cm³/mol. The molecule has 0 spiro atoms. The van der Waals surface area contributed by atoms with Gasteiger partial charge in [-0.3, -0.25) is 86.3 Å². The number of likely N-dealkylation sites (N-methyl/N-ethyl adjacent to an activating group) is 1. The van der Waals surface area contributed by atoms with Crippen molar-refractivity contribution in [3.63, 3.8) is 0 Å². The number of carbonyl (C=O) groups is 18. The molecule has 0 bridgehead atoms. The second-order valence-corrected chi connectivity index (χ2v) is 22.3. The molecule has 1 heterocycles. The van der Waals surface area contributed by atoms with Crippen molar-refractivity contribution in [2.45, 2.75) is 166 Å². The summed E-state index contributed by atoms with van der Waals surface area (Å²) in [5, 5.41) is 74.9. The molecule has 0 aliphatic carbocycles. The third kappa shape index (κ3) is 33.0. The summed E-state index contributed by atoms with van der Waals surface area (Å²) in [6.45, 7) is 3.69. The highest BCUT2D eigenvalue weighted by atomic mass is 32.2. The molecular weight excluding hydrogens is 1250 g/mol. The van der Waals surface area contributed by atoms with E-state index >= 15 is 0 Å². The zero-order valence-corrected chi connectivity index (χ0v) is 52.6. The largest absolute Gasteiger partial charge is 0.481 e. The van der Waals surface area contributed by atoms with Crippen LogP contribution in [0.1, 0.15) is 111 Å². The third-order valence-electron chi connectivity index (χ3n) is 13.3. The van der Waals surface area contributed by atoms with Crippen LogP contribution in [0.2, 0.25) is 0 Å². The molecule has 1 aliphatic rings. The summed E-state index contributed by atoms with van der Waals surface area (Å²) in [4.78, 5) is 229. The number of rotatable bonds is 45. The van der Waals surface area contributed by atoms with E-state index in [0.717, 1.165) is 6.92 Å². The first-order chi connectivity index (χ1) is 43.2. The predicted octanol–water partition coefficient (Wildman–Crippen LogP) is -6.26. The van der Waals surface area contributed by atoms with Crippen LogP contribution < -0.4 is 63.8 Å². The normalized spacial score (nSPS) is 15.1. The van der Waals surface area contributed by atoms with Gasteiger partial charge in [0.25, 0.3) is 0 Å². The van der Waals surface area contributed by atoms with Crippen LogP contribution in [-0.2, 0) is 91.0 Å². The van der Waals surface area contributed by atoms with Crippen LogP contribution in [0.3, 0.4) is 0 Å². The molecule has 1 saturated heterocycles. The fraction of sp³-hybridized carbons (Fsp3) is 0.667. The minimum atomic E-state index is -1.92. The maximum absolute atomic E-state index is 13.8. The first kappa shape index (κ1) is 80.8. The highest BCUT2D eigenvalue weighted by Gasteiger charge is 2.38. The molecule has 9 atom stereocenters. The van der Waals surface area contributed by atoms with Crippen molar-refractivity contribution in [1.82, 2.24) is 68.7 Å². The Morgan fingerprint density at radius 3 is 1.30 bits per heavy atom. The Hall–Kier alpha value is -9.23. The number of carboxylic acid groups (broad SMARTS) is 5. The third-order valence-corrected chi connectivity index (χ3v) is 14.0. The van der Waals surface area contributed by atoms with Crippen LogP contribution in [0, 0.1) is 5.92 Å². The molecule has 516 valence electrons. The molecule has 37 nitrogen and oxygen atoms in total. The summed E-state index contributed by atoms with van der Waals surface area (Å²) in [7, 11) is 1.38. The SMILES string of the molecule is CNC(=O)CNC(=O)[C@H](C)NC(=O)[C@H](CSC)NC(=O)CNC(=O)[C@H](CC(C)C)NC(=O)[C@@H]1CCCN1C(=O)COCCNC(=O)[C@@H](CCC(=O)O)NC(=O)[C@@H](CCC(=O)O)NC(=O)[C@@H](CCC(=O)O)NC(=O)[C@@H](CCC(=O)O)NC(=O)[C@@H](CCC(=O)O)NC(C)=O. The minimum Gasteiger partial charge on any atom is -0.481 e. The number of amides is 13. The number of hydrogen-bond acceptors (Lipinski definition) is 20. The van der Waals surface area contributed by atoms with E-state index in [4.69, 9.17) is 9.84 Å². The molecule has 0 aromatic heterocycles. The number of aliphatic carboxylic acids is 5. The van der Waals surface area contributed by atoms with Crippen LogP contribution in [0.5, 0.6) is 0 Å². The van der Waals surface area contributed by atoms with Crippen LogP contribution in [0.4, 0.5) is 0 Å². The summed E-state index contributed by atoms with van der Waals surface area (Å²) in [6, 6.07) is -13.4. The van der Waals surface area contributed by atoms with Gasteiger partial charge in [-0.15, -0.1) is 0 Å². The molecule has 1 fully saturated rings. The molecular formula is C54H85N13O24S. The summed E-state index contributed by atoms with van der Waals surface area (Å²) < 4.78 is 5.47. The lowest BCUT2D eigenvalue weighted by Gasteiger charge is -2.27. The van der Waals surface area contributed by atoms with E-state index in [2.05, 4.69) is 63.8 Å². The molecule has 1 aliphatic heterocycles. The van der Waals surface area contributed by atoms with E-state index in [0.29, 0.717) is 6.42 Å². The van der Waals surface area contributed by atoms with Crippen molar-refractivity contribution < 1.29 is 117 Å². The molecule has 1 rings (SSSR count). The lowest BCUT2D eigenvalue weighted by Crippen LogP contribution is -2.59. The minimum absolute atomic E-state index is 0.0802. The number of ether oxygens (including phenoxy) is 1. The molecule has 38 heteroatoms. The maximum atomic E-state index is 13.8. The van der Waals surface area contributed by atoms with Crippen LogP contribution in [0.15, 0.2) is 0 Å². The highest BCUT2D eigenvalue weighted by Crippen LogP contribution is 2.19. The van der Waals surface area contributed by atoms with Gasteiger partial charge >= 0.3 is 29.8 Å². The standard InChI is InChI=1S/C54H85N13O24S/c1-27(2)22-35(48(84)58-24-39(70)61-36(26-92-6)53(89)59-28(3)46(82)57-23-38(69)55-5)66-54(90)37-8-7-20-67(37)40(71)25-91-21-19-56-47(83)30(9-14-41(72)73)62-50(86)32(11-16-43(76)77)64-52(88)34(13-18-45(80)81)65-51(87)33(12-17-44(78)79)63-49(85)31(60-29(4)68)10-15-42(74)75/h27-28,30-37H,7-26H2,1-6H3,(H,55,69)(H,56,83)(H,57,82)(H,58,84)(H,59,89)(H,60,68)(H,61,70)(H,62,86)(H,63,85)(H,64,88)(H,65,87)(H,66,90)(H,72,73)(H,74,75)(H,76,77)(H,78,79)(H,80,81)/t28-,30+,31+,32+,33+,34+,35-,36-,37-/m0/s1. The van der Waals surface area contributed by atoms with Gasteiger partial charge < -0.3 is 99.0 Å². The van der Waals surface area contributed by atoms with Crippen molar-refractivity contribution in [1.29, 1.82) is 0 Å². The Bertz CT molecular complexity index is 2670. The Balaban J connectivity index is 3.12. The molecule has 13 amide bonds. The molecule has 92 heavy (non-hydrogen) atoms. The van der Waals surface area contributed by atoms with Gasteiger partial charge in [0.15, 0.2) is 0 Å². The van der Waals surface area contributed by atoms with Crippen molar-refractivity contribution in [2.24, 2.45) is 5.92 Å². The van der Waals surface area contributed by atoms with Gasteiger partial charge in [-0.25, -0.2) is 0 Å². The second kappa shape index (κ2) is 42.7. The zero-order chi connectivity index (χ0) is 69.8. The van der Waals surface area contributed by atoms with E-state index in [9.17, 15) is 107 Å². The number of carboxylic acids is 5. The van der Waals surface area contributed by atoms with Crippen LogP contribution in [0.25, 0.3) is 0 Å². The summed E-state index contributed by atoms with van der Waals surface area (Å²) in [5.41, 5.74) is 0. The average Bonchev–Trinajstić information content (AvgIpc) is 1.67. The summed E-state index contributed by atoms with van der Waals surface area (Å²) in [6.07, 6.45) is -4.67. The Labute approximate surface area is 532 Å². The number of thioether (sulfide) groups is 1. The Morgan fingerprint density at radius 1 is 0.489 bits per heavy atom. The van der Waals surface area contributed by atoms with Crippen LogP contribution in [-0.4, -0.2) is 250 Å². The number of nitrogens with zero attached hydrogens (tertiary/aromatic N) is 1. The first-order valence-corrected chi connectivity index (χ1v) is 30.5. The van der Waals surface area contributed by atoms with Crippen molar-refractivity contribution in [3.05, 3.63) is 0 Å². The molecule has 0 saturated carbocycles. The van der Waals surface area contributed by atoms with E-state index in [-0.39, 0.29) is 50.8 Å². The second-order valence-electron chi connectivity index (χ2n) is 21.4. The van der Waals surface area contributed by atoms with Crippen molar-refractivity contribution in [3.8, 4) is 0 Å². The number of likely N-dealkylation sites (tertiary alicyclic amines) is 1. The number of carbonyl (C=O) groups excluding carboxylic acids is 13. The number of hydrogen-bond donors (Lipinski definition) is 17. The van der Waals surface area contributed by atoms with Gasteiger partial charge in [0.1, 0.15) is 61.0 Å². The van der Waals surface area contributed by atoms with Crippen molar-refractivity contribution >= 4 is 118 Å². The van der Waals surface area contributed by atoms with Gasteiger partial charge in [-0.1, -0.05) is 13.8 Å². The van der Waals surface area contributed by atoms with Gasteiger partial charge in [0, 0.05) is 64.9 Å². The van der Waals surface area contributed by atoms with Crippen LogP contribution >= 0.6 is 11.8 Å². The monoisotopic (exact) mass is 1330 g/mol. The lowest BCUT2D eigenvalue weighted by molar-refractivity contribution is -0.142. The van der Waals surface area contributed by atoms with Gasteiger partial charge in [-0.2, -0.15) is 11.8 Å². The molecule has 0 aromatic carbocycles. The van der Waals surface area contributed by atoms with E-state index in [1.165, 1.54) is 30.6 Å². The summed E-state index contributed by atoms with van der Waals surface area (Å²) in [5.74, 6) is -18.9. The highest BCUT2D eigenvalue weighted by molar-refractivity contribution is 7.98. The fourth-order valence-electron chi connectivity index (χ4n) is 8.61. The summed E-state index contributed by atoms with van der Waals surface area (Å²) >= 11 is 1.21. The maximum Gasteiger partial charge on any atom is 0.303 e. The Kier molecular flexibility index (Phi) is 37.5. The fourth-order valence-corrected chi connectivity index (χ4v) is 9.18. The smallest absolute Gasteiger partial charge is 0.303 e. The molecule has 17 N–H and O–H groups in total. The first-order valence-electron chi connectivity index (χ1n) is 29.1. The van der Waals surface area contributed by atoms with Crippen molar-refractivity contribution in [2.75, 3.05) is 58.4 Å². The quantitative estimate of drug-likeness (QED) is 0.0252. The average molecular weight is 1330 g/mol. The van der Waals surface area contributed by atoms with Gasteiger partial charge in [0.05, 0.1) is 19.7 Å². The topological polar surface area (TPSA) is 565 Å². The molecule has 0 unspecified atom stereocenters. The van der Waals surface area contributed by atoms with Gasteiger partial charge in [0.2, 0.25) is 76.8 Å². The zero-order valence-electron chi connectivity index (χ0n) is 51.8. The van der Waals surface area contributed by atoms with E-state index < -0.39 is 238 Å². The molecule has 0 radical (unpaired) electrons. The Morgan fingerprint density at radius 2 is 0.891 bits per heavy atom. The molecule has 0 aromatic rings. The van der Waals surface area contributed by atoms with Gasteiger partial charge in [-0.05, 0) is 70.5 Å². The van der Waals surface area contributed by atoms with E-state index in [1.54, 1.807) is 20.1 Å². The lowest BCUT2D eigenvalue weighted by atomic mass is 10.0. The van der Waals surface area contributed by atoms with E-state index in [1.807, 2.05) is 0 Å². The number of nitrogens with one attached hydrogen (secondary N) is 12.